The Balaban J connectivity index is 1.31. The highest BCUT2D eigenvalue weighted by molar-refractivity contribution is 5.87. The highest BCUT2D eigenvalue weighted by atomic mass is 16.5. The van der Waals surface area contributed by atoms with Crippen molar-refractivity contribution in [2.45, 2.75) is 25.5 Å². The van der Waals surface area contributed by atoms with Gasteiger partial charge in [-0.3, -0.25) is 5.41 Å². The van der Waals surface area contributed by atoms with Crippen molar-refractivity contribution in [3.8, 4) is 23.2 Å². The number of nitrogens with zero attached hydrogens (tertiary/aromatic N) is 4. The van der Waals surface area contributed by atoms with E-state index >= 15 is 0 Å². The van der Waals surface area contributed by atoms with Crippen molar-refractivity contribution in [2.24, 2.45) is 5.73 Å². The largest absolute Gasteiger partial charge is 0.489 e. The molecule has 5 rings (SSSR count). The summed E-state index contributed by atoms with van der Waals surface area (Å²) in [6.45, 7) is 1.16. The molecule has 0 radical (unpaired) electrons. The predicted octanol–water partition coefficient (Wildman–Crippen LogP) is 4.37. The second-order valence-corrected chi connectivity index (χ2v) is 8.01. The minimum Gasteiger partial charge on any atom is -0.489 e. The summed E-state index contributed by atoms with van der Waals surface area (Å²) in [4.78, 5) is 6.37. The lowest BCUT2D eigenvalue weighted by Gasteiger charge is -2.21. The quantitative estimate of drug-likeness (QED) is 0.350. The van der Waals surface area contributed by atoms with E-state index in [1.54, 1.807) is 17.0 Å². The van der Waals surface area contributed by atoms with Crippen molar-refractivity contribution < 1.29 is 9.26 Å². The first-order valence-electron chi connectivity index (χ1n) is 10.7. The van der Waals surface area contributed by atoms with E-state index in [9.17, 15) is 0 Å². The molecule has 0 aliphatic carbocycles. The van der Waals surface area contributed by atoms with Crippen LogP contribution in [0.2, 0.25) is 0 Å². The topological polar surface area (TPSA) is 125 Å². The maximum absolute atomic E-state index is 8.90. The third-order valence-corrected chi connectivity index (χ3v) is 5.85. The maximum Gasteiger partial charge on any atom is 0.249 e. The van der Waals surface area contributed by atoms with E-state index in [1.807, 2.05) is 48.5 Å². The summed E-state index contributed by atoms with van der Waals surface area (Å²) < 4.78 is 11.4. The van der Waals surface area contributed by atoms with Crippen molar-refractivity contribution >= 4 is 16.7 Å². The average Bonchev–Trinajstić information content (AvgIpc) is 3.52. The number of nitrogens with two attached hydrogens (primary N) is 1. The van der Waals surface area contributed by atoms with Gasteiger partial charge in [-0.25, -0.2) is 0 Å². The van der Waals surface area contributed by atoms with Crippen molar-refractivity contribution in [1.29, 1.82) is 10.7 Å². The molecule has 1 fully saturated rings. The lowest BCUT2D eigenvalue weighted by atomic mass is 10.1. The van der Waals surface area contributed by atoms with Gasteiger partial charge in [0.25, 0.3) is 0 Å². The van der Waals surface area contributed by atoms with Crippen LogP contribution in [0.5, 0.6) is 5.75 Å². The molecule has 164 valence electrons. The van der Waals surface area contributed by atoms with Crippen LogP contribution in [0.1, 0.15) is 35.9 Å². The number of hydrogen-bond donors (Lipinski definition) is 2. The first kappa shape index (κ1) is 20.5. The molecule has 8 nitrogen and oxygen atoms in total. The van der Waals surface area contributed by atoms with E-state index < -0.39 is 0 Å². The first-order valence-corrected chi connectivity index (χ1v) is 10.7. The summed E-state index contributed by atoms with van der Waals surface area (Å²) in [7, 11) is 0. The fraction of sp³-hybridized carbons (Fsp3) is 0.200. The van der Waals surface area contributed by atoms with Crippen LogP contribution < -0.4 is 10.5 Å². The zero-order valence-electron chi connectivity index (χ0n) is 17.9. The van der Waals surface area contributed by atoms with E-state index in [2.05, 4.69) is 16.2 Å². The van der Waals surface area contributed by atoms with E-state index in [1.165, 1.54) is 0 Å². The number of benzene rings is 3. The summed E-state index contributed by atoms with van der Waals surface area (Å²) >= 11 is 0. The molecule has 1 atom stereocenters. The molecule has 0 unspecified atom stereocenters. The fourth-order valence-electron chi connectivity index (χ4n) is 4.09. The van der Waals surface area contributed by atoms with Gasteiger partial charge in [-0.15, -0.1) is 0 Å². The second kappa shape index (κ2) is 8.63. The summed E-state index contributed by atoms with van der Waals surface area (Å²) in [5.74, 6) is 1.81. The number of rotatable bonds is 5. The Morgan fingerprint density at radius 2 is 1.94 bits per heavy atom. The monoisotopic (exact) mass is 438 g/mol. The molecule has 1 aliphatic heterocycles. The number of fused-ring (bicyclic) bond motifs is 1. The third kappa shape index (κ3) is 4.21. The molecule has 0 spiro atoms. The molecule has 8 heteroatoms. The first-order chi connectivity index (χ1) is 16.1. The number of hydrogen-bond acceptors (Lipinski definition) is 6. The number of ether oxygens (including phenoxy) is 1. The van der Waals surface area contributed by atoms with Crippen LogP contribution in [0.15, 0.2) is 65.2 Å². The van der Waals surface area contributed by atoms with Crippen LogP contribution >= 0.6 is 0 Å². The highest BCUT2D eigenvalue weighted by Crippen LogP contribution is 2.32. The van der Waals surface area contributed by atoms with Gasteiger partial charge < -0.3 is 19.9 Å². The molecular formula is C25H22N6O2. The van der Waals surface area contributed by atoms with Gasteiger partial charge in [0.15, 0.2) is 5.96 Å². The average molecular weight is 438 g/mol. The molecule has 4 aromatic rings. The lowest BCUT2D eigenvalue weighted by Crippen LogP contribution is -2.35. The zero-order valence-corrected chi connectivity index (χ0v) is 17.9. The number of nitriles is 1. The minimum absolute atomic E-state index is 0.0279. The molecule has 2 heterocycles. The predicted molar refractivity (Wildman–Crippen MR) is 123 cm³/mol. The van der Waals surface area contributed by atoms with Crippen LogP contribution in [0.25, 0.3) is 22.2 Å². The maximum atomic E-state index is 8.90. The Morgan fingerprint density at radius 1 is 1.15 bits per heavy atom. The van der Waals surface area contributed by atoms with Crippen molar-refractivity contribution in [3.63, 3.8) is 0 Å². The van der Waals surface area contributed by atoms with E-state index in [0.717, 1.165) is 47.0 Å². The molecule has 0 amide bonds. The third-order valence-electron chi connectivity index (χ3n) is 5.85. The Morgan fingerprint density at radius 3 is 2.73 bits per heavy atom. The van der Waals surface area contributed by atoms with Crippen LogP contribution in [0.4, 0.5) is 0 Å². The van der Waals surface area contributed by atoms with Gasteiger partial charge in [0.1, 0.15) is 18.4 Å². The molecule has 3 aromatic carbocycles. The van der Waals surface area contributed by atoms with E-state index in [0.29, 0.717) is 23.9 Å². The minimum atomic E-state index is -0.139. The van der Waals surface area contributed by atoms with Crippen molar-refractivity contribution in [2.75, 3.05) is 6.54 Å². The number of aromatic nitrogens is 2. The normalized spacial score (nSPS) is 15.5. The van der Waals surface area contributed by atoms with Gasteiger partial charge in [0.2, 0.25) is 11.7 Å². The highest BCUT2D eigenvalue weighted by Gasteiger charge is 2.31. The lowest BCUT2D eigenvalue weighted by molar-refractivity contribution is 0.283. The van der Waals surface area contributed by atoms with Gasteiger partial charge in [-0.2, -0.15) is 10.2 Å². The standard InChI is InChI=1S/C25H22N6O2/c26-14-16-3-5-17(6-4-16)15-32-21-10-9-18-12-20(8-7-19(18)13-21)23-29-24(33-30-23)22-2-1-11-31(22)25(27)28/h3-10,12-13,22H,1-2,11,15H2,(H3,27,28)/t22-/m0/s1. The van der Waals surface area contributed by atoms with Crippen molar-refractivity contribution in [1.82, 2.24) is 15.0 Å². The fourth-order valence-corrected chi connectivity index (χ4v) is 4.09. The summed E-state index contributed by atoms with van der Waals surface area (Å²) in [5, 5.41) is 22.9. The number of guanidine groups is 1. The van der Waals surface area contributed by atoms with Gasteiger partial charge in [-0.1, -0.05) is 35.5 Å². The van der Waals surface area contributed by atoms with Crippen LogP contribution in [0, 0.1) is 16.7 Å². The second-order valence-electron chi connectivity index (χ2n) is 8.01. The van der Waals surface area contributed by atoms with Crippen molar-refractivity contribution in [3.05, 3.63) is 77.7 Å². The molecule has 1 aliphatic rings. The Kier molecular flexibility index (Phi) is 5.37. The van der Waals surface area contributed by atoms with Gasteiger partial charge in [0, 0.05) is 12.1 Å². The zero-order chi connectivity index (χ0) is 22.8. The molecule has 1 saturated heterocycles. The number of likely N-dealkylation sites (tertiary alicyclic amines) is 1. The van der Waals surface area contributed by atoms with Gasteiger partial charge >= 0.3 is 0 Å². The van der Waals surface area contributed by atoms with E-state index in [-0.39, 0.29) is 12.0 Å². The van der Waals surface area contributed by atoms with E-state index in [4.69, 9.17) is 25.7 Å². The molecule has 0 saturated carbocycles. The molecule has 3 N–H and O–H groups in total. The SMILES string of the molecule is N#Cc1ccc(COc2ccc3cc(-c4noc([C@@H]5CCCN5C(=N)N)n4)ccc3c2)cc1. The Bertz CT molecular complexity index is 1360. The molecule has 1 aromatic heterocycles. The Labute approximate surface area is 190 Å². The van der Waals surface area contributed by atoms with Crippen LogP contribution in [-0.4, -0.2) is 27.5 Å². The van der Waals surface area contributed by atoms with Crippen LogP contribution in [0.3, 0.4) is 0 Å². The number of nitrogens with one attached hydrogen (secondary N) is 1. The Hall–Kier alpha value is -4.38. The summed E-state index contributed by atoms with van der Waals surface area (Å²) in [6.07, 6.45) is 1.78. The molecule has 0 bridgehead atoms. The smallest absolute Gasteiger partial charge is 0.249 e. The molecular weight excluding hydrogens is 416 g/mol. The van der Waals surface area contributed by atoms with Gasteiger partial charge in [0.05, 0.1) is 11.6 Å². The summed E-state index contributed by atoms with van der Waals surface area (Å²) in [5.41, 5.74) is 8.17. The molecule has 33 heavy (non-hydrogen) atoms. The summed E-state index contributed by atoms with van der Waals surface area (Å²) in [6, 6.07) is 21.2. The van der Waals surface area contributed by atoms with Crippen LogP contribution in [-0.2, 0) is 6.61 Å². The van der Waals surface area contributed by atoms with Gasteiger partial charge in [-0.05, 0) is 59.5 Å².